The lowest BCUT2D eigenvalue weighted by Gasteiger charge is -2.19. The third-order valence-corrected chi connectivity index (χ3v) is 5.28. The fourth-order valence-electron chi connectivity index (χ4n) is 3.62. The molecule has 0 aliphatic carbocycles. The Morgan fingerprint density at radius 2 is 1.65 bits per heavy atom. The average molecular weight is 465 g/mol. The summed E-state index contributed by atoms with van der Waals surface area (Å²) in [7, 11) is 1.28. The summed E-state index contributed by atoms with van der Waals surface area (Å²) in [5.41, 5.74) is 2.31. The number of aryl methyl sites for hydroxylation is 1. The molecule has 0 saturated carbocycles. The third-order valence-electron chi connectivity index (χ3n) is 5.28. The molecule has 1 amide bonds. The molecule has 8 nitrogen and oxygen atoms in total. The number of aromatic amines is 1. The van der Waals surface area contributed by atoms with Crippen LogP contribution in [0.3, 0.4) is 0 Å². The van der Waals surface area contributed by atoms with E-state index < -0.39 is 23.9 Å². The molecule has 0 radical (unpaired) electrons. The monoisotopic (exact) mass is 464 g/mol. The predicted molar refractivity (Wildman–Crippen MR) is 127 cm³/mol. The molecule has 1 aromatic heterocycles. The van der Waals surface area contributed by atoms with Gasteiger partial charge in [-0.2, -0.15) is 0 Å². The first-order valence-corrected chi connectivity index (χ1v) is 11.0. The first-order chi connectivity index (χ1) is 16.4. The molecule has 8 heteroatoms. The molecule has 3 aromatic rings. The van der Waals surface area contributed by atoms with E-state index in [1.165, 1.54) is 7.11 Å². The van der Waals surface area contributed by atoms with Crippen LogP contribution in [0.25, 0.3) is 0 Å². The summed E-state index contributed by atoms with van der Waals surface area (Å²) in [5.74, 6) is -1.34. The van der Waals surface area contributed by atoms with Crippen LogP contribution >= 0.6 is 0 Å². The van der Waals surface area contributed by atoms with Crippen molar-refractivity contribution in [3.05, 3.63) is 82.7 Å². The number of ether oxygens (including phenoxy) is 3. The molecule has 0 aliphatic heterocycles. The largest absolute Gasteiger partial charge is 0.492 e. The number of nitrogens with one attached hydrogen (secondary N) is 2. The predicted octanol–water partition coefficient (Wildman–Crippen LogP) is 4.61. The van der Waals surface area contributed by atoms with Gasteiger partial charge in [0, 0.05) is 11.3 Å². The van der Waals surface area contributed by atoms with Crippen LogP contribution in [0.2, 0.25) is 0 Å². The van der Waals surface area contributed by atoms with E-state index in [0.717, 1.165) is 0 Å². The molecule has 1 unspecified atom stereocenters. The van der Waals surface area contributed by atoms with E-state index in [-0.39, 0.29) is 5.69 Å². The number of benzene rings is 2. The summed E-state index contributed by atoms with van der Waals surface area (Å²) in [6, 6.07) is 15.7. The second kappa shape index (κ2) is 11.2. The second-order valence-electron chi connectivity index (χ2n) is 7.44. The summed E-state index contributed by atoms with van der Waals surface area (Å²) in [6.07, 6.45) is -0.757. The van der Waals surface area contributed by atoms with Crippen molar-refractivity contribution in [2.24, 2.45) is 0 Å². The van der Waals surface area contributed by atoms with Crippen molar-refractivity contribution in [2.75, 3.05) is 19.0 Å². The van der Waals surface area contributed by atoms with E-state index in [0.29, 0.717) is 46.8 Å². The standard InChI is InChI=1S/C26H28N2O6/c1-5-18-21(25(30)32-4)16(3)22(27-18)26(31)34-23(17-12-8-7-9-13-17)24(29)28-19-14-10-11-15-20(19)33-6-2/h7-15,23,27H,5-6H2,1-4H3,(H,28,29). The van der Waals surface area contributed by atoms with E-state index in [1.807, 2.05) is 13.8 Å². The maximum absolute atomic E-state index is 13.3. The minimum absolute atomic E-state index is 0.0979. The minimum Gasteiger partial charge on any atom is -0.492 e. The number of methoxy groups -OCH3 is 1. The molecule has 0 saturated heterocycles. The highest BCUT2D eigenvalue weighted by atomic mass is 16.5. The van der Waals surface area contributed by atoms with Crippen LogP contribution in [-0.4, -0.2) is 36.5 Å². The fraction of sp³-hybridized carbons (Fsp3) is 0.269. The maximum Gasteiger partial charge on any atom is 0.356 e. The molecule has 34 heavy (non-hydrogen) atoms. The fourth-order valence-corrected chi connectivity index (χ4v) is 3.62. The highest BCUT2D eigenvalue weighted by molar-refractivity contribution is 6.01. The Labute approximate surface area is 198 Å². The van der Waals surface area contributed by atoms with Crippen molar-refractivity contribution in [2.45, 2.75) is 33.3 Å². The van der Waals surface area contributed by atoms with Gasteiger partial charge in [-0.25, -0.2) is 9.59 Å². The van der Waals surface area contributed by atoms with Crippen molar-refractivity contribution in [3.63, 3.8) is 0 Å². The summed E-state index contributed by atoms with van der Waals surface area (Å²) >= 11 is 0. The van der Waals surface area contributed by atoms with E-state index in [2.05, 4.69) is 10.3 Å². The summed E-state index contributed by atoms with van der Waals surface area (Å²) in [4.78, 5) is 41.6. The average Bonchev–Trinajstić information content (AvgIpc) is 3.20. The number of amides is 1. The third kappa shape index (κ3) is 5.28. The van der Waals surface area contributed by atoms with Gasteiger partial charge in [0.25, 0.3) is 5.91 Å². The SMILES string of the molecule is CCOc1ccccc1NC(=O)C(OC(=O)c1[nH]c(CC)c(C(=O)OC)c1C)c1ccccc1. The lowest BCUT2D eigenvalue weighted by atomic mass is 10.1. The first-order valence-electron chi connectivity index (χ1n) is 11.0. The Morgan fingerprint density at radius 1 is 0.971 bits per heavy atom. The van der Waals surface area contributed by atoms with Crippen LogP contribution < -0.4 is 10.1 Å². The van der Waals surface area contributed by atoms with Gasteiger partial charge in [0.2, 0.25) is 6.10 Å². The molecule has 178 valence electrons. The quantitative estimate of drug-likeness (QED) is 0.448. The number of H-pyrrole nitrogens is 1. The molecule has 2 N–H and O–H groups in total. The van der Waals surface area contributed by atoms with Crippen molar-refractivity contribution >= 4 is 23.5 Å². The van der Waals surface area contributed by atoms with Gasteiger partial charge in [0.05, 0.1) is 25.0 Å². The van der Waals surface area contributed by atoms with Crippen molar-refractivity contribution in [1.82, 2.24) is 4.98 Å². The molecular weight excluding hydrogens is 436 g/mol. The summed E-state index contributed by atoms with van der Waals surface area (Å²) < 4.78 is 16.1. The lowest BCUT2D eigenvalue weighted by molar-refractivity contribution is -0.125. The van der Waals surface area contributed by atoms with Crippen LogP contribution in [0.1, 0.15) is 57.6 Å². The Balaban J connectivity index is 1.93. The molecule has 0 fully saturated rings. The van der Waals surface area contributed by atoms with Crippen LogP contribution in [0.5, 0.6) is 5.75 Å². The van der Waals surface area contributed by atoms with Crippen LogP contribution in [-0.2, 0) is 20.7 Å². The van der Waals surface area contributed by atoms with Crippen LogP contribution in [0.15, 0.2) is 54.6 Å². The molecule has 3 rings (SSSR count). The zero-order valence-electron chi connectivity index (χ0n) is 19.6. The number of carbonyl (C=O) groups is 3. The van der Waals surface area contributed by atoms with Gasteiger partial charge in [-0.1, -0.05) is 49.4 Å². The van der Waals surface area contributed by atoms with E-state index in [4.69, 9.17) is 14.2 Å². The molecule has 2 aromatic carbocycles. The minimum atomic E-state index is -1.24. The van der Waals surface area contributed by atoms with Crippen molar-refractivity contribution < 1.29 is 28.6 Å². The van der Waals surface area contributed by atoms with E-state index in [9.17, 15) is 14.4 Å². The molecule has 1 heterocycles. The van der Waals surface area contributed by atoms with Gasteiger partial charge < -0.3 is 24.5 Å². The topological polar surface area (TPSA) is 107 Å². The zero-order valence-corrected chi connectivity index (χ0v) is 19.6. The molecule has 0 bridgehead atoms. The molecule has 0 spiro atoms. The first kappa shape index (κ1) is 24.6. The van der Waals surface area contributed by atoms with Gasteiger partial charge in [-0.15, -0.1) is 0 Å². The highest BCUT2D eigenvalue weighted by Gasteiger charge is 2.30. The lowest BCUT2D eigenvalue weighted by Crippen LogP contribution is -2.26. The Kier molecular flexibility index (Phi) is 8.08. The molecule has 0 aliphatic rings. The maximum atomic E-state index is 13.3. The normalized spacial score (nSPS) is 11.4. The second-order valence-corrected chi connectivity index (χ2v) is 7.44. The number of aromatic nitrogens is 1. The van der Waals surface area contributed by atoms with Crippen LogP contribution in [0, 0.1) is 6.92 Å². The number of esters is 2. The van der Waals surface area contributed by atoms with E-state index in [1.54, 1.807) is 61.5 Å². The Morgan fingerprint density at radius 3 is 2.29 bits per heavy atom. The highest BCUT2D eigenvalue weighted by Crippen LogP contribution is 2.28. The smallest absolute Gasteiger partial charge is 0.356 e. The van der Waals surface area contributed by atoms with Crippen molar-refractivity contribution in [3.8, 4) is 5.75 Å². The number of hydrogen-bond donors (Lipinski definition) is 2. The van der Waals surface area contributed by atoms with Gasteiger partial charge in [-0.3, -0.25) is 4.79 Å². The van der Waals surface area contributed by atoms with Gasteiger partial charge in [0.1, 0.15) is 11.4 Å². The van der Waals surface area contributed by atoms with Gasteiger partial charge >= 0.3 is 11.9 Å². The van der Waals surface area contributed by atoms with Crippen LogP contribution in [0.4, 0.5) is 5.69 Å². The van der Waals surface area contributed by atoms with Crippen molar-refractivity contribution in [1.29, 1.82) is 0 Å². The number of carbonyl (C=O) groups excluding carboxylic acids is 3. The number of para-hydroxylation sites is 2. The summed E-state index contributed by atoms with van der Waals surface area (Å²) in [6.45, 7) is 5.76. The van der Waals surface area contributed by atoms with Gasteiger partial charge in [0.15, 0.2) is 0 Å². The Bertz CT molecular complexity index is 1170. The molecule has 1 atom stereocenters. The number of rotatable bonds is 9. The number of anilines is 1. The molecular formula is C26H28N2O6. The van der Waals surface area contributed by atoms with E-state index >= 15 is 0 Å². The summed E-state index contributed by atoms with van der Waals surface area (Å²) in [5, 5.41) is 2.80. The zero-order chi connectivity index (χ0) is 24.7. The van der Waals surface area contributed by atoms with Gasteiger partial charge in [-0.05, 0) is 38.0 Å². The number of hydrogen-bond acceptors (Lipinski definition) is 6. The Hall–Kier alpha value is -4.07.